The van der Waals surface area contributed by atoms with Gasteiger partial charge in [0.1, 0.15) is 6.20 Å². The lowest BCUT2D eigenvalue weighted by Gasteiger charge is -2.05. The number of benzene rings is 2. The first-order chi connectivity index (χ1) is 9.16. The molecular weight excluding hydrogens is 262 g/mol. The summed E-state index contributed by atoms with van der Waals surface area (Å²) in [7, 11) is 0. The van der Waals surface area contributed by atoms with Crippen molar-refractivity contribution in [1.82, 2.24) is 9.78 Å². The van der Waals surface area contributed by atoms with E-state index in [4.69, 9.17) is 17.3 Å². The van der Waals surface area contributed by atoms with Gasteiger partial charge in [0.15, 0.2) is 0 Å². The van der Waals surface area contributed by atoms with Gasteiger partial charge in [0.25, 0.3) is 0 Å². The van der Waals surface area contributed by atoms with Crippen LogP contribution in [0, 0.1) is 6.20 Å². The topological polar surface area (TPSA) is 60.9 Å². The largest absolute Gasteiger partial charge is 0.350 e. The van der Waals surface area contributed by atoms with Gasteiger partial charge in [0.05, 0.1) is 10.5 Å². The summed E-state index contributed by atoms with van der Waals surface area (Å²) in [5.41, 5.74) is 7.64. The Labute approximate surface area is 114 Å². The predicted molar refractivity (Wildman–Crippen MR) is 74.0 cm³/mol. The minimum Gasteiger partial charge on any atom is -0.350 e. The number of rotatable bonds is 1. The molecule has 1 aromatic heterocycles. The molecule has 0 atom stereocenters. The first-order valence-corrected chi connectivity index (χ1v) is 6.00. The van der Waals surface area contributed by atoms with E-state index in [2.05, 4.69) is 11.3 Å². The molecule has 3 rings (SSSR count). The van der Waals surface area contributed by atoms with Crippen molar-refractivity contribution in [2.75, 3.05) is 0 Å². The van der Waals surface area contributed by atoms with Crippen LogP contribution < -0.4 is 5.73 Å². The first-order valence-electron chi connectivity index (χ1n) is 5.62. The molecule has 5 heteroatoms. The molecule has 0 fully saturated rings. The predicted octanol–water partition coefficient (Wildman–Crippen LogP) is 3.08. The van der Waals surface area contributed by atoms with E-state index in [-0.39, 0.29) is 0 Å². The van der Waals surface area contributed by atoms with Crippen LogP contribution in [0.1, 0.15) is 0 Å². The second kappa shape index (κ2) is 4.40. The molecule has 4 nitrogen and oxygen atoms in total. The number of nitrogens with two attached hydrogens (primary N) is 1. The summed E-state index contributed by atoms with van der Waals surface area (Å²) in [6.45, 7) is 0. The molecule has 3 aromatic rings. The zero-order chi connectivity index (χ0) is 13.4. The molecule has 1 amide bonds. The van der Waals surface area contributed by atoms with E-state index in [0.717, 1.165) is 15.8 Å². The lowest BCUT2D eigenvalue weighted by Crippen LogP contribution is -2.20. The van der Waals surface area contributed by atoms with Crippen LogP contribution in [-0.4, -0.2) is 15.8 Å². The Bertz CT molecular complexity index is 765. The third-order valence-corrected chi connectivity index (χ3v) is 3.19. The van der Waals surface area contributed by atoms with Crippen molar-refractivity contribution in [2.45, 2.75) is 0 Å². The Kier molecular flexibility index (Phi) is 2.72. The normalized spacial score (nSPS) is 10.8. The molecule has 0 aliphatic rings. The van der Waals surface area contributed by atoms with Crippen molar-refractivity contribution in [3.8, 4) is 11.1 Å². The summed E-state index contributed by atoms with van der Waals surface area (Å²) in [4.78, 5) is 11.2. The van der Waals surface area contributed by atoms with Crippen molar-refractivity contribution >= 4 is 28.5 Å². The Morgan fingerprint density at radius 2 is 2.00 bits per heavy atom. The molecule has 1 radical (unpaired) electrons. The zero-order valence-corrected chi connectivity index (χ0v) is 10.6. The summed E-state index contributed by atoms with van der Waals surface area (Å²) >= 11 is 6.26. The smallest absolute Gasteiger partial charge is 0.340 e. The second-order valence-electron chi connectivity index (χ2n) is 4.08. The van der Waals surface area contributed by atoms with Gasteiger partial charge in [0.2, 0.25) is 0 Å². The van der Waals surface area contributed by atoms with E-state index in [1.807, 2.05) is 36.4 Å². The summed E-state index contributed by atoms with van der Waals surface area (Å²) in [5.74, 6) is 0. The average molecular weight is 271 g/mol. The van der Waals surface area contributed by atoms with Crippen LogP contribution >= 0.6 is 11.6 Å². The molecule has 1 heterocycles. The van der Waals surface area contributed by atoms with Gasteiger partial charge in [-0.05, 0) is 17.7 Å². The van der Waals surface area contributed by atoms with Crippen LogP contribution in [0.2, 0.25) is 5.02 Å². The standard InChI is InChI=1S/C14H9ClN3O/c15-12-7-13-10(8-17-18(13)14(16)19)6-11(12)9-4-2-1-3-5-9/h1-7H,(H2,16,19). The van der Waals surface area contributed by atoms with Crippen molar-refractivity contribution in [3.63, 3.8) is 0 Å². The number of nitrogens with zero attached hydrogens (tertiary/aromatic N) is 2. The third kappa shape index (κ3) is 1.96. The maximum atomic E-state index is 11.2. The third-order valence-electron chi connectivity index (χ3n) is 2.88. The molecule has 0 spiro atoms. The Morgan fingerprint density at radius 3 is 2.68 bits per heavy atom. The van der Waals surface area contributed by atoms with Gasteiger partial charge in [0, 0.05) is 10.9 Å². The summed E-state index contributed by atoms with van der Waals surface area (Å²) in [6, 6.07) is 12.6. The summed E-state index contributed by atoms with van der Waals surface area (Å²) in [5, 5.41) is 5.06. The van der Waals surface area contributed by atoms with Gasteiger partial charge in [-0.3, -0.25) is 0 Å². The number of aromatic nitrogens is 2. The van der Waals surface area contributed by atoms with Crippen molar-refractivity contribution < 1.29 is 4.79 Å². The Balaban J connectivity index is 2.24. The van der Waals surface area contributed by atoms with Crippen LogP contribution in [0.5, 0.6) is 0 Å². The molecule has 93 valence electrons. The van der Waals surface area contributed by atoms with Crippen LogP contribution in [0.15, 0.2) is 42.5 Å². The number of carbonyl (C=O) groups is 1. The molecule has 2 aromatic carbocycles. The molecular formula is C14H9ClN3O. The van der Waals surface area contributed by atoms with E-state index in [9.17, 15) is 4.79 Å². The summed E-state index contributed by atoms with van der Waals surface area (Å²) in [6.07, 6.45) is 2.76. The SMILES string of the molecule is NC(=O)n1n[c]c2cc(-c3ccccc3)c(Cl)cc21. The summed E-state index contributed by atoms with van der Waals surface area (Å²) < 4.78 is 1.08. The molecule has 0 saturated heterocycles. The Morgan fingerprint density at radius 1 is 1.26 bits per heavy atom. The number of carbonyl (C=O) groups excluding carboxylic acids is 1. The molecule has 0 saturated carbocycles. The number of amides is 1. The number of fused-ring (bicyclic) bond motifs is 1. The second-order valence-corrected chi connectivity index (χ2v) is 4.48. The minimum atomic E-state index is -0.658. The fourth-order valence-corrected chi connectivity index (χ4v) is 2.26. The number of primary amides is 1. The molecule has 0 aliphatic heterocycles. The number of hydrogen-bond donors (Lipinski definition) is 1. The van der Waals surface area contributed by atoms with Gasteiger partial charge >= 0.3 is 6.03 Å². The highest BCUT2D eigenvalue weighted by molar-refractivity contribution is 6.34. The minimum absolute atomic E-state index is 0.537. The highest BCUT2D eigenvalue weighted by atomic mass is 35.5. The van der Waals surface area contributed by atoms with Gasteiger partial charge in [-0.2, -0.15) is 9.78 Å². The van der Waals surface area contributed by atoms with Gasteiger partial charge in [-0.15, -0.1) is 0 Å². The van der Waals surface area contributed by atoms with E-state index in [0.29, 0.717) is 15.9 Å². The van der Waals surface area contributed by atoms with Gasteiger partial charge in [-0.25, -0.2) is 4.79 Å². The van der Waals surface area contributed by atoms with Crippen LogP contribution in [0.3, 0.4) is 0 Å². The number of hydrogen-bond acceptors (Lipinski definition) is 2. The quantitative estimate of drug-likeness (QED) is 0.739. The fourth-order valence-electron chi connectivity index (χ4n) is 1.99. The maximum Gasteiger partial charge on any atom is 0.340 e. The fraction of sp³-hybridized carbons (Fsp3) is 0. The van der Waals surface area contributed by atoms with Crippen LogP contribution in [0.4, 0.5) is 4.79 Å². The highest BCUT2D eigenvalue weighted by Crippen LogP contribution is 2.31. The van der Waals surface area contributed by atoms with Crippen molar-refractivity contribution in [1.29, 1.82) is 0 Å². The Hall–Kier alpha value is -2.33. The molecule has 19 heavy (non-hydrogen) atoms. The number of halogens is 1. The van der Waals surface area contributed by atoms with E-state index in [1.165, 1.54) is 0 Å². The highest BCUT2D eigenvalue weighted by Gasteiger charge is 2.12. The van der Waals surface area contributed by atoms with E-state index in [1.54, 1.807) is 6.07 Å². The van der Waals surface area contributed by atoms with Crippen molar-refractivity contribution in [2.24, 2.45) is 5.73 Å². The zero-order valence-electron chi connectivity index (χ0n) is 9.80. The van der Waals surface area contributed by atoms with Gasteiger partial charge < -0.3 is 5.73 Å². The molecule has 2 N–H and O–H groups in total. The van der Waals surface area contributed by atoms with Crippen molar-refractivity contribution in [3.05, 3.63) is 53.7 Å². The lowest BCUT2D eigenvalue weighted by molar-refractivity contribution is 0.248. The van der Waals surface area contributed by atoms with Crippen LogP contribution in [0.25, 0.3) is 22.0 Å². The van der Waals surface area contributed by atoms with Crippen LogP contribution in [-0.2, 0) is 0 Å². The average Bonchev–Trinajstić information content (AvgIpc) is 2.81. The maximum absolute atomic E-state index is 11.2. The van der Waals surface area contributed by atoms with Gasteiger partial charge in [-0.1, -0.05) is 41.9 Å². The van der Waals surface area contributed by atoms with E-state index < -0.39 is 6.03 Å². The molecule has 0 unspecified atom stereocenters. The molecule has 0 aliphatic carbocycles. The monoisotopic (exact) mass is 270 g/mol. The van der Waals surface area contributed by atoms with E-state index >= 15 is 0 Å². The molecule has 0 bridgehead atoms. The lowest BCUT2D eigenvalue weighted by atomic mass is 10.0. The first kappa shape index (κ1) is 11.7.